The lowest BCUT2D eigenvalue weighted by atomic mass is 10.1. The third kappa shape index (κ3) is 7.16. The summed E-state index contributed by atoms with van der Waals surface area (Å²) < 4.78 is 25.5. The summed E-state index contributed by atoms with van der Waals surface area (Å²) in [5, 5.41) is 24.7. The summed E-state index contributed by atoms with van der Waals surface area (Å²) in [5.74, 6) is 0. The van der Waals surface area contributed by atoms with Crippen molar-refractivity contribution in [3.8, 4) is 0 Å². The summed E-state index contributed by atoms with van der Waals surface area (Å²) in [7, 11) is -2.90. The van der Waals surface area contributed by atoms with Crippen molar-refractivity contribution in [3.05, 3.63) is 132 Å². The minimum atomic E-state index is -2.90. The number of benzene rings is 4. The Hall–Kier alpha value is -3.14. The van der Waals surface area contributed by atoms with Gasteiger partial charge in [0.25, 0.3) is 8.32 Å². The molecule has 4 aromatic rings. The highest BCUT2D eigenvalue weighted by atomic mass is 28.4. The average Bonchev–Trinajstić information content (AvgIpc) is 3.35. The van der Waals surface area contributed by atoms with Crippen LogP contribution in [0.4, 0.5) is 0 Å². The van der Waals surface area contributed by atoms with Crippen LogP contribution in [0, 0.1) is 0 Å². The Morgan fingerprint density at radius 3 is 1.53 bits per heavy atom. The van der Waals surface area contributed by atoms with E-state index in [4.69, 9.17) is 18.6 Å². The van der Waals surface area contributed by atoms with Gasteiger partial charge in [-0.15, -0.1) is 0 Å². The van der Waals surface area contributed by atoms with Crippen molar-refractivity contribution in [2.24, 2.45) is 0 Å². The van der Waals surface area contributed by atoms with E-state index in [1.54, 1.807) is 0 Å². The molecule has 1 fully saturated rings. The van der Waals surface area contributed by atoms with E-state index in [1.807, 2.05) is 97.1 Å². The maximum Gasteiger partial charge on any atom is 0.261 e. The highest BCUT2D eigenvalue weighted by molar-refractivity contribution is 6.99. The van der Waals surface area contributed by atoms with Gasteiger partial charge in [-0.25, -0.2) is 0 Å². The second kappa shape index (κ2) is 14.1. The maximum atomic E-state index is 11.7. The predicted octanol–water partition coefficient (Wildman–Crippen LogP) is 4.81. The van der Waals surface area contributed by atoms with Crippen LogP contribution in [0.1, 0.15) is 31.9 Å². The van der Waals surface area contributed by atoms with Gasteiger partial charge in [0, 0.05) is 0 Å². The highest BCUT2D eigenvalue weighted by Gasteiger charge is 2.53. The SMILES string of the molecule is CC(C)(C)[Si](OC[C@H](O)[C@@H]1O[C@@H](O)[C@H](OCc2ccccc2)[C@H]1OCc1ccccc1)(c1ccccc1)c1ccccc1. The number of aliphatic hydroxyl groups excluding tert-OH is 2. The molecule has 0 saturated carbocycles. The van der Waals surface area contributed by atoms with E-state index in [-0.39, 0.29) is 24.9 Å². The molecule has 2 N–H and O–H groups in total. The second-order valence-corrected chi connectivity index (χ2v) is 16.4. The van der Waals surface area contributed by atoms with Crippen molar-refractivity contribution in [2.75, 3.05) is 6.61 Å². The van der Waals surface area contributed by atoms with Crippen LogP contribution in [0.25, 0.3) is 0 Å². The molecule has 0 bridgehead atoms. The van der Waals surface area contributed by atoms with Crippen molar-refractivity contribution < 1.29 is 28.8 Å². The Balaban J connectivity index is 1.40. The lowest BCUT2D eigenvalue weighted by molar-refractivity contribution is -0.160. The lowest BCUT2D eigenvalue weighted by Gasteiger charge is -2.43. The van der Waals surface area contributed by atoms with Crippen molar-refractivity contribution >= 4 is 18.7 Å². The molecule has 0 radical (unpaired) electrons. The van der Waals surface area contributed by atoms with Crippen LogP contribution in [0.2, 0.25) is 5.04 Å². The molecule has 1 heterocycles. The Morgan fingerprint density at radius 2 is 1.09 bits per heavy atom. The fourth-order valence-corrected chi connectivity index (χ4v) is 10.5. The third-order valence-electron chi connectivity index (χ3n) is 8.06. The first-order valence-corrected chi connectivity index (χ1v) is 16.8. The average molecular weight is 599 g/mol. The smallest absolute Gasteiger partial charge is 0.261 e. The first kappa shape index (κ1) is 31.3. The van der Waals surface area contributed by atoms with Gasteiger partial charge in [0.15, 0.2) is 6.29 Å². The molecule has 0 unspecified atom stereocenters. The van der Waals surface area contributed by atoms with E-state index in [0.29, 0.717) is 0 Å². The van der Waals surface area contributed by atoms with E-state index in [2.05, 4.69) is 45.0 Å². The van der Waals surface area contributed by atoms with Gasteiger partial charge in [-0.2, -0.15) is 0 Å². The molecule has 0 spiro atoms. The molecule has 5 atom stereocenters. The van der Waals surface area contributed by atoms with E-state index in [0.717, 1.165) is 21.5 Å². The topological polar surface area (TPSA) is 77.4 Å². The van der Waals surface area contributed by atoms with Gasteiger partial charge >= 0.3 is 0 Å². The van der Waals surface area contributed by atoms with Crippen LogP contribution in [-0.4, -0.2) is 55.8 Å². The number of rotatable bonds is 12. The highest BCUT2D eigenvalue weighted by Crippen LogP contribution is 2.37. The molecular weight excluding hydrogens is 556 g/mol. The van der Waals surface area contributed by atoms with Crippen molar-refractivity contribution in [3.63, 3.8) is 0 Å². The van der Waals surface area contributed by atoms with Crippen LogP contribution >= 0.6 is 0 Å². The van der Waals surface area contributed by atoms with Gasteiger partial charge in [0.05, 0.1) is 19.8 Å². The zero-order chi connectivity index (χ0) is 30.3. The Morgan fingerprint density at radius 1 is 0.674 bits per heavy atom. The van der Waals surface area contributed by atoms with E-state index >= 15 is 0 Å². The summed E-state index contributed by atoms with van der Waals surface area (Å²) >= 11 is 0. The summed E-state index contributed by atoms with van der Waals surface area (Å²) in [6.45, 7) is 7.15. The molecule has 226 valence electrons. The largest absolute Gasteiger partial charge is 0.405 e. The molecular formula is C36H42O6Si. The first-order chi connectivity index (χ1) is 20.8. The summed E-state index contributed by atoms with van der Waals surface area (Å²) in [5.41, 5.74) is 1.94. The number of hydrogen-bond acceptors (Lipinski definition) is 6. The van der Waals surface area contributed by atoms with Crippen LogP contribution in [-0.2, 0) is 31.9 Å². The maximum absolute atomic E-state index is 11.7. The number of ether oxygens (including phenoxy) is 3. The molecule has 0 aliphatic carbocycles. The summed E-state index contributed by atoms with van der Waals surface area (Å²) in [6.07, 6.45) is -4.73. The van der Waals surface area contributed by atoms with Crippen LogP contribution < -0.4 is 10.4 Å². The van der Waals surface area contributed by atoms with Crippen molar-refractivity contribution in [1.82, 2.24) is 0 Å². The Kier molecular flexibility index (Phi) is 10.3. The minimum Gasteiger partial charge on any atom is -0.405 e. The van der Waals surface area contributed by atoms with Gasteiger partial charge in [-0.05, 0) is 26.5 Å². The molecule has 1 aliphatic rings. The molecule has 0 aromatic heterocycles. The monoisotopic (exact) mass is 598 g/mol. The first-order valence-electron chi connectivity index (χ1n) is 14.9. The van der Waals surface area contributed by atoms with Gasteiger partial charge in [0.1, 0.15) is 24.4 Å². The Labute approximate surface area is 256 Å². The van der Waals surface area contributed by atoms with Gasteiger partial charge in [0.2, 0.25) is 0 Å². The van der Waals surface area contributed by atoms with E-state index in [9.17, 15) is 10.2 Å². The van der Waals surface area contributed by atoms with Gasteiger partial charge in [-0.1, -0.05) is 142 Å². The number of hydrogen-bond donors (Lipinski definition) is 2. The molecule has 7 heteroatoms. The van der Waals surface area contributed by atoms with Crippen LogP contribution in [0.3, 0.4) is 0 Å². The van der Waals surface area contributed by atoms with Crippen LogP contribution in [0.15, 0.2) is 121 Å². The molecule has 5 rings (SSSR count). The predicted molar refractivity (Wildman–Crippen MR) is 170 cm³/mol. The van der Waals surface area contributed by atoms with Crippen LogP contribution in [0.5, 0.6) is 0 Å². The van der Waals surface area contributed by atoms with Gasteiger partial charge in [-0.3, -0.25) is 0 Å². The minimum absolute atomic E-state index is 0.00126. The molecule has 1 saturated heterocycles. The normalized spacial score (nSPS) is 21.5. The zero-order valence-corrected chi connectivity index (χ0v) is 26.1. The Bertz CT molecular complexity index is 1340. The molecule has 0 amide bonds. The van der Waals surface area contributed by atoms with Crippen molar-refractivity contribution in [1.29, 1.82) is 0 Å². The number of aliphatic hydroxyl groups is 2. The van der Waals surface area contributed by atoms with Crippen molar-refractivity contribution in [2.45, 2.75) is 69.7 Å². The summed E-state index contributed by atoms with van der Waals surface area (Å²) in [6, 6.07) is 40.2. The summed E-state index contributed by atoms with van der Waals surface area (Å²) in [4.78, 5) is 0. The van der Waals surface area contributed by atoms with E-state index < -0.39 is 39.0 Å². The molecule has 4 aromatic carbocycles. The second-order valence-electron chi connectivity index (χ2n) is 12.1. The molecule has 43 heavy (non-hydrogen) atoms. The fraction of sp³-hybridized carbons (Fsp3) is 0.333. The zero-order valence-electron chi connectivity index (χ0n) is 25.1. The fourth-order valence-electron chi connectivity index (χ4n) is 5.94. The quantitative estimate of drug-likeness (QED) is 0.228. The molecule has 6 nitrogen and oxygen atoms in total. The molecule has 1 aliphatic heterocycles. The van der Waals surface area contributed by atoms with E-state index in [1.165, 1.54) is 0 Å². The third-order valence-corrected chi connectivity index (χ3v) is 13.1. The lowest BCUT2D eigenvalue weighted by Crippen LogP contribution is -2.67. The standard InChI is InChI=1S/C36H42O6Si/c1-36(2,3)43(29-20-12-6-13-21-29,30-22-14-7-15-23-30)41-26-31(37)32-33(39-24-27-16-8-4-9-17-27)34(35(38)42-32)40-25-28-18-10-5-11-19-28/h4-23,31-35,37-38H,24-26H2,1-3H3/t31-,32-,33-,34+,35+/m0/s1. The van der Waals surface area contributed by atoms with Gasteiger partial charge < -0.3 is 28.8 Å².